The summed E-state index contributed by atoms with van der Waals surface area (Å²) in [4.78, 5) is 18.3. The van der Waals surface area contributed by atoms with E-state index in [9.17, 15) is 4.79 Å². The second-order valence-corrected chi connectivity index (χ2v) is 8.63. The Morgan fingerprint density at radius 3 is 2.90 bits per heavy atom. The van der Waals surface area contributed by atoms with E-state index in [0.717, 1.165) is 74.6 Å². The molecule has 2 fully saturated rings. The molecule has 0 spiro atoms. The minimum absolute atomic E-state index is 0.127. The Bertz CT molecular complexity index is 885. The number of aromatic nitrogens is 1. The van der Waals surface area contributed by atoms with Gasteiger partial charge < -0.3 is 20.7 Å². The van der Waals surface area contributed by atoms with Gasteiger partial charge in [-0.25, -0.2) is 4.98 Å². The van der Waals surface area contributed by atoms with Crippen LogP contribution in [0.15, 0.2) is 36.5 Å². The number of hydrogen-bond donors (Lipinski definition) is 2. The minimum Gasteiger partial charge on any atom is -0.385 e. The van der Waals surface area contributed by atoms with Crippen molar-refractivity contribution in [3.05, 3.63) is 41.6 Å². The monoisotopic (exact) mass is 428 g/mol. The van der Waals surface area contributed by atoms with E-state index in [1.165, 1.54) is 0 Å². The van der Waals surface area contributed by atoms with Crippen LogP contribution in [-0.2, 0) is 9.53 Å². The van der Waals surface area contributed by atoms with Gasteiger partial charge in [0, 0.05) is 50.3 Å². The molecule has 3 heterocycles. The highest BCUT2D eigenvalue weighted by molar-refractivity contribution is 6.33. The first-order chi connectivity index (χ1) is 14.6. The van der Waals surface area contributed by atoms with Gasteiger partial charge in [0.15, 0.2) is 0 Å². The smallest absolute Gasteiger partial charge is 0.222 e. The second-order valence-electron chi connectivity index (χ2n) is 8.23. The second kappa shape index (κ2) is 9.67. The van der Waals surface area contributed by atoms with Crippen LogP contribution in [0.5, 0.6) is 0 Å². The van der Waals surface area contributed by atoms with Gasteiger partial charge in [0.25, 0.3) is 0 Å². The number of rotatable bonds is 6. The number of hydrogen-bond acceptors (Lipinski definition) is 5. The first-order valence-electron chi connectivity index (χ1n) is 10.7. The molecule has 1 aromatic carbocycles. The van der Waals surface area contributed by atoms with Crippen LogP contribution in [-0.4, -0.2) is 43.7 Å². The van der Waals surface area contributed by atoms with Crippen LogP contribution in [0.1, 0.15) is 25.7 Å². The number of anilines is 2. The Hall–Kier alpha value is -2.31. The molecule has 1 unspecified atom stereocenters. The van der Waals surface area contributed by atoms with Crippen molar-refractivity contribution < 1.29 is 9.53 Å². The number of nitrogens with zero attached hydrogens (tertiary/aromatic N) is 2. The number of halogens is 1. The van der Waals surface area contributed by atoms with Crippen LogP contribution >= 0.6 is 11.6 Å². The molecule has 30 heavy (non-hydrogen) atoms. The predicted molar refractivity (Wildman–Crippen MR) is 121 cm³/mol. The van der Waals surface area contributed by atoms with Crippen molar-refractivity contribution in [1.82, 2.24) is 4.98 Å². The number of amides is 1. The van der Waals surface area contributed by atoms with E-state index in [2.05, 4.69) is 33.4 Å². The average Bonchev–Trinajstić information content (AvgIpc) is 2.79. The lowest BCUT2D eigenvalue weighted by Crippen LogP contribution is -2.41. The first kappa shape index (κ1) is 20.9. The molecular formula is C23H29ClN4O2. The molecule has 160 valence electrons. The van der Waals surface area contributed by atoms with Crippen molar-refractivity contribution in [3.63, 3.8) is 0 Å². The quantitative estimate of drug-likeness (QED) is 0.728. The maximum Gasteiger partial charge on any atom is 0.222 e. The molecule has 0 aliphatic carbocycles. The zero-order chi connectivity index (χ0) is 20.9. The zero-order valence-corrected chi connectivity index (χ0v) is 17.9. The molecule has 1 amide bonds. The highest BCUT2D eigenvalue weighted by atomic mass is 35.5. The molecule has 3 N–H and O–H groups in total. The molecular weight excluding hydrogens is 400 g/mol. The van der Waals surface area contributed by atoms with Crippen LogP contribution in [0, 0.1) is 11.8 Å². The van der Waals surface area contributed by atoms with Gasteiger partial charge in [0.05, 0.1) is 10.9 Å². The van der Waals surface area contributed by atoms with E-state index in [4.69, 9.17) is 22.1 Å². The third kappa shape index (κ3) is 5.05. The number of carbonyl (C=O) groups is 1. The van der Waals surface area contributed by atoms with Gasteiger partial charge in [-0.2, -0.15) is 0 Å². The van der Waals surface area contributed by atoms with Crippen molar-refractivity contribution in [2.75, 3.05) is 43.1 Å². The van der Waals surface area contributed by atoms with E-state index in [0.29, 0.717) is 17.5 Å². The van der Waals surface area contributed by atoms with Gasteiger partial charge in [0.1, 0.15) is 5.82 Å². The third-order valence-electron chi connectivity index (χ3n) is 6.10. The summed E-state index contributed by atoms with van der Waals surface area (Å²) in [6.45, 7) is 4.13. The average molecular weight is 429 g/mol. The third-order valence-corrected chi connectivity index (χ3v) is 6.40. The topological polar surface area (TPSA) is 80.5 Å². The number of benzene rings is 1. The molecule has 0 radical (unpaired) electrons. The van der Waals surface area contributed by atoms with Gasteiger partial charge >= 0.3 is 0 Å². The lowest BCUT2D eigenvalue weighted by molar-refractivity contribution is -0.122. The summed E-state index contributed by atoms with van der Waals surface area (Å²) in [7, 11) is 0. The number of nitrogens with two attached hydrogens (primary N) is 1. The Morgan fingerprint density at radius 1 is 1.27 bits per heavy atom. The Kier molecular flexibility index (Phi) is 6.75. The van der Waals surface area contributed by atoms with Crippen molar-refractivity contribution in [2.24, 2.45) is 17.6 Å². The molecule has 2 aromatic rings. The summed E-state index contributed by atoms with van der Waals surface area (Å²) in [5.74, 6) is 1.12. The van der Waals surface area contributed by atoms with Crippen molar-refractivity contribution >= 4 is 29.0 Å². The lowest BCUT2D eigenvalue weighted by Gasteiger charge is -2.32. The number of primary amides is 1. The van der Waals surface area contributed by atoms with Crippen molar-refractivity contribution in [1.29, 1.82) is 0 Å². The number of piperidine rings is 1. The van der Waals surface area contributed by atoms with Gasteiger partial charge in [-0.1, -0.05) is 23.7 Å². The maximum atomic E-state index is 11.6. The molecule has 1 aromatic heterocycles. The number of pyridine rings is 1. The van der Waals surface area contributed by atoms with Crippen molar-refractivity contribution in [2.45, 2.75) is 25.7 Å². The maximum absolute atomic E-state index is 11.6. The van der Waals surface area contributed by atoms with E-state index in [-0.39, 0.29) is 11.8 Å². The summed E-state index contributed by atoms with van der Waals surface area (Å²) in [6, 6.07) is 10.3. The molecule has 2 aliphatic heterocycles. The molecule has 0 bridgehead atoms. The normalized spacial score (nSPS) is 20.2. The Morgan fingerprint density at radius 2 is 2.10 bits per heavy atom. The molecule has 1 atom stereocenters. The summed E-state index contributed by atoms with van der Waals surface area (Å²) in [6.07, 6.45) is 5.68. The highest BCUT2D eigenvalue weighted by Gasteiger charge is 2.25. The SMILES string of the molecule is NC(=O)C1CCCN(c2cc(-c3cccc(NCC4CCOCC4)c3)c(Cl)cn2)C1. The van der Waals surface area contributed by atoms with Crippen LogP contribution in [0.25, 0.3) is 11.1 Å². The molecule has 6 nitrogen and oxygen atoms in total. The molecule has 2 saturated heterocycles. The predicted octanol–water partition coefficient (Wildman–Crippen LogP) is 3.94. The number of nitrogens with one attached hydrogen (secondary N) is 1. The summed E-state index contributed by atoms with van der Waals surface area (Å²) >= 11 is 6.51. The lowest BCUT2D eigenvalue weighted by atomic mass is 9.97. The molecule has 4 rings (SSSR count). The summed E-state index contributed by atoms with van der Waals surface area (Å²) in [5, 5.41) is 4.18. The first-order valence-corrected chi connectivity index (χ1v) is 11.1. The van der Waals surface area contributed by atoms with Crippen LogP contribution < -0.4 is 16.0 Å². The number of carbonyl (C=O) groups excluding carboxylic acids is 1. The Balaban J connectivity index is 1.50. The van der Waals surface area contributed by atoms with Crippen LogP contribution in [0.3, 0.4) is 0 Å². The van der Waals surface area contributed by atoms with E-state index in [1.54, 1.807) is 6.20 Å². The largest absolute Gasteiger partial charge is 0.385 e. The van der Waals surface area contributed by atoms with E-state index >= 15 is 0 Å². The summed E-state index contributed by atoms with van der Waals surface area (Å²) < 4.78 is 5.44. The fourth-order valence-electron chi connectivity index (χ4n) is 4.25. The standard InChI is InChI=1S/C23H29ClN4O2/c24-21-14-27-22(28-8-2-4-18(15-28)23(25)29)12-20(21)17-3-1-5-19(11-17)26-13-16-6-9-30-10-7-16/h1,3,5,11-12,14,16,18,26H,2,4,6-10,13,15H2,(H2,25,29). The van der Waals surface area contributed by atoms with Crippen molar-refractivity contribution in [3.8, 4) is 11.1 Å². The molecule has 0 saturated carbocycles. The fraction of sp³-hybridized carbons (Fsp3) is 0.478. The summed E-state index contributed by atoms with van der Waals surface area (Å²) in [5.41, 5.74) is 8.60. The molecule has 7 heteroatoms. The van der Waals surface area contributed by atoms with E-state index in [1.807, 2.05) is 12.1 Å². The van der Waals surface area contributed by atoms with Gasteiger partial charge in [-0.15, -0.1) is 0 Å². The highest BCUT2D eigenvalue weighted by Crippen LogP contribution is 2.33. The van der Waals surface area contributed by atoms with Gasteiger partial charge in [-0.3, -0.25) is 4.79 Å². The van der Waals surface area contributed by atoms with Gasteiger partial charge in [-0.05, 0) is 55.4 Å². The van der Waals surface area contributed by atoms with Crippen LogP contribution in [0.4, 0.5) is 11.5 Å². The minimum atomic E-state index is -0.239. The zero-order valence-electron chi connectivity index (χ0n) is 17.1. The van der Waals surface area contributed by atoms with E-state index < -0.39 is 0 Å². The van der Waals surface area contributed by atoms with Crippen LogP contribution in [0.2, 0.25) is 5.02 Å². The molecule has 2 aliphatic rings. The van der Waals surface area contributed by atoms with Gasteiger partial charge in [0.2, 0.25) is 5.91 Å². The fourth-order valence-corrected chi connectivity index (χ4v) is 4.46. The number of ether oxygens (including phenoxy) is 1. The Labute approximate surface area is 182 Å².